The molecule has 1 fully saturated rings. The highest BCUT2D eigenvalue weighted by Crippen LogP contribution is 2.27. The zero-order valence-electron chi connectivity index (χ0n) is 27.3. The summed E-state index contributed by atoms with van der Waals surface area (Å²) < 4.78 is 30.6. The Morgan fingerprint density at radius 2 is 1.54 bits per heavy atom. The molecule has 10 heteroatoms. The number of carbonyl (C=O) groups is 2. The Bertz CT molecular complexity index is 1780. The number of hydrogen-bond acceptors (Lipinski definition) is 5. The number of thioether (sulfide) groups is 1. The average Bonchev–Trinajstić information content (AvgIpc) is 3.10. The van der Waals surface area contributed by atoms with E-state index in [0.717, 1.165) is 62.5 Å². The second-order valence-electron chi connectivity index (χ2n) is 12.2. The third kappa shape index (κ3) is 9.30. The molecular weight excluding hydrogens is 706 g/mol. The standard InChI is InChI=1S/C38H42BrN3O4S2/c1-28-16-18-33(19-17-28)42(48(45,46)35-22-20-34(47-2)21-23-35)27-37(43)41(26-30-12-9-13-31(39)24-30)36(25-29-10-5-3-6-11-29)38(44)40-32-14-7-4-8-15-32/h3,5-6,9-13,16-24,32,36H,4,7-8,14-15,25-27H2,1-2H3,(H,40,44)/t36-/m0/s1. The maximum atomic E-state index is 14.7. The van der Waals surface area contributed by atoms with Gasteiger partial charge in [0.25, 0.3) is 10.0 Å². The van der Waals surface area contributed by atoms with E-state index >= 15 is 0 Å². The maximum absolute atomic E-state index is 14.7. The summed E-state index contributed by atoms with van der Waals surface area (Å²) in [5, 5.41) is 3.25. The van der Waals surface area contributed by atoms with Gasteiger partial charge in [0.2, 0.25) is 11.8 Å². The molecule has 0 unspecified atom stereocenters. The highest BCUT2D eigenvalue weighted by molar-refractivity contribution is 9.10. The number of nitrogens with one attached hydrogen (secondary N) is 1. The second kappa shape index (κ2) is 16.7. The smallest absolute Gasteiger partial charge is 0.264 e. The first-order valence-corrected chi connectivity index (χ1v) is 19.7. The molecule has 2 amide bonds. The van der Waals surface area contributed by atoms with E-state index in [0.29, 0.717) is 5.69 Å². The zero-order valence-corrected chi connectivity index (χ0v) is 30.6. The van der Waals surface area contributed by atoms with Gasteiger partial charge >= 0.3 is 0 Å². The number of sulfonamides is 1. The van der Waals surface area contributed by atoms with Crippen LogP contribution in [0.3, 0.4) is 0 Å². The average molecular weight is 749 g/mol. The van der Waals surface area contributed by atoms with Crippen molar-refractivity contribution < 1.29 is 18.0 Å². The quantitative estimate of drug-likeness (QED) is 0.141. The van der Waals surface area contributed by atoms with Crippen LogP contribution >= 0.6 is 27.7 Å². The van der Waals surface area contributed by atoms with Crippen LogP contribution in [0.1, 0.15) is 48.8 Å². The number of amides is 2. The first-order chi connectivity index (χ1) is 23.1. The van der Waals surface area contributed by atoms with Crippen LogP contribution in [0, 0.1) is 6.92 Å². The molecule has 0 aliphatic heterocycles. The van der Waals surface area contributed by atoms with E-state index < -0.39 is 28.5 Å². The Kier molecular flexibility index (Phi) is 12.4. The molecule has 1 saturated carbocycles. The lowest BCUT2D eigenvalue weighted by atomic mass is 9.94. The van der Waals surface area contributed by atoms with Gasteiger partial charge in [0.05, 0.1) is 10.6 Å². The first kappa shape index (κ1) is 35.7. The number of carbonyl (C=O) groups excluding carboxylic acids is 2. The van der Waals surface area contributed by atoms with Gasteiger partial charge in [0, 0.05) is 28.4 Å². The number of halogens is 1. The van der Waals surface area contributed by atoms with Crippen LogP contribution in [0.5, 0.6) is 0 Å². The molecule has 252 valence electrons. The van der Waals surface area contributed by atoms with Crippen LogP contribution in [0.25, 0.3) is 0 Å². The van der Waals surface area contributed by atoms with Crippen molar-refractivity contribution in [3.05, 3.63) is 124 Å². The zero-order chi connectivity index (χ0) is 34.1. The van der Waals surface area contributed by atoms with E-state index in [1.807, 2.05) is 79.9 Å². The summed E-state index contributed by atoms with van der Waals surface area (Å²) in [7, 11) is -4.16. The molecule has 48 heavy (non-hydrogen) atoms. The second-order valence-corrected chi connectivity index (χ2v) is 15.9. The predicted octanol–water partition coefficient (Wildman–Crippen LogP) is 7.76. The van der Waals surface area contributed by atoms with Crippen molar-refractivity contribution in [3.8, 4) is 0 Å². The van der Waals surface area contributed by atoms with Gasteiger partial charge < -0.3 is 10.2 Å². The summed E-state index contributed by atoms with van der Waals surface area (Å²) in [4.78, 5) is 31.5. The lowest BCUT2D eigenvalue weighted by molar-refractivity contribution is -0.140. The molecule has 0 heterocycles. The van der Waals surface area contributed by atoms with Gasteiger partial charge in [0.15, 0.2) is 0 Å². The van der Waals surface area contributed by atoms with Crippen LogP contribution in [0.4, 0.5) is 5.69 Å². The van der Waals surface area contributed by atoms with Gasteiger partial charge in [-0.3, -0.25) is 13.9 Å². The fourth-order valence-electron chi connectivity index (χ4n) is 6.04. The molecule has 1 aliphatic carbocycles. The largest absolute Gasteiger partial charge is 0.352 e. The van der Waals surface area contributed by atoms with Gasteiger partial charge in [-0.1, -0.05) is 95.4 Å². The Morgan fingerprint density at radius 3 is 2.19 bits per heavy atom. The van der Waals surface area contributed by atoms with Crippen LogP contribution < -0.4 is 9.62 Å². The van der Waals surface area contributed by atoms with Crippen molar-refractivity contribution in [2.24, 2.45) is 0 Å². The molecule has 0 bridgehead atoms. The van der Waals surface area contributed by atoms with Crippen LogP contribution in [0.15, 0.2) is 117 Å². The summed E-state index contributed by atoms with van der Waals surface area (Å²) in [6.45, 7) is 1.57. The molecule has 5 rings (SSSR count). The Hall–Kier alpha value is -3.60. The van der Waals surface area contributed by atoms with E-state index in [-0.39, 0.29) is 29.8 Å². The van der Waals surface area contributed by atoms with E-state index in [1.165, 1.54) is 11.8 Å². The van der Waals surface area contributed by atoms with E-state index in [2.05, 4.69) is 21.2 Å². The highest BCUT2D eigenvalue weighted by atomic mass is 79.9. The fraction of sp³-hybridized carbons (Fsp3) is 0.316. The molecule has 0 spiro atoms. The van der Waals surface area contributed by atoms with Crippen molar-refractivity contribution in [1.29, 1.82) is 0 Å². The monoisotopic (exact) mass is 747 g/mol. The molecule has 1 N–H and O–H groups in total. The number of nitrogens with zero attached hydrogens (tertiary/aromatic N) is 2. The van der Waals surface area contributed by atoms with Crippen molar-refractivity contribution in [1.82, 2.24) is 10.2 Å². The number of aryl methyl sites for hydroxylation is 1. The van der Waals surface area contributed by atoms with Crippen molar-refractivity contribution in [2.45, 2.75) is 73.9 Å². The maximum Gasteiger partial charge on any atom is 0.264 e. The molecule has 1 aliphatic rings. The van der Waals surface area contributed by atoms with E-state index in [4.69, 9.17) is 0 Å². The van der Waals surface area contributed by atoms with Crippen LogP contribution in [-0.2, 0) is 32.6 Å². The first-order valence-electron chi connectivity index (χ1n) is 16.3. The third-order valence-corrected chi connectivity index (χ3v) is 11.7. The Labute approximate surface area is 297 Å². The summed E-state index contributed by atoms with van der Waals surface area (Å²) in [5.41, 5.74) is 3.06. The van der Waals surface area contributed by atoms with E-state index in [9.17, 15) is 18.0 Å². The van der Waals surface area contributed by atoms with Gasteiger partial charge in [-0.2, -0.15) is 0 Å². The molecule has 4 aromatic carbocycles. The number of hydrogen-bond donors (Lipinski definition) is 1. The minimum Gasteiger partial charge on any atom is -0.352 e. The SMILES string of the molecule is CSc1ccc(S(=O)(=O)N(CC(=O)N(Cc2cccc(Br)c2)[C@@H](Cc2ccccc2)C(=O)NC2CCCCC2)c2ccc(C)cc2)cc1. The Balaban J connectivity index is 1.56. The minimum absolute atomic E-state index is 0.0426. The van der Waals surface area contributed by atoms with Crippen LogP contribution in [0.2, 0.25) is 0 Å². The van der Waals surface area contributed by atoms with Gasteiger partial charge in [-0.15, -0.1) is 11.8 Å². The normalized spacial score (nSPS) is 14.2. The fourth-order valence-corrected chi connectivity index (χ4v) is 8.31. The van der Waals surface area contributed by atoms with Gasteiger partial charge in [-0.25, -0.2) is 8.42 Å². The Morgan fingerprint density at radius 1 is 0.875 bits per heavy atom. The molecule has 4 aromatic rings. The van der Waals surface area contributed by atoms with Crippen molar-refractivity contribution >= 4 is 55.2 Å². The third-order valence-electron chi connectivity index (χ3n) is 8.71. The highest BCUT2D eigenvalue weighted by Gasteiger charge is 2.35. The summed E-state index contributed by atoms with van der Waals surface area (Å²) in [6.07, 6.45) is 7.27. The van der Waals surface area contributed by atoms with Gasteiger partial charge in [0.1, 0.15) is 12.6 Å². The topological polar surface area (TPSA) is 86.8 Å². The molecule has 1 atom stereocenters. The molecule has 7 nitrogen and oxygen atoms in total. The van der Waals surface area contributed by atoms with E-state index in [1.54, 1.807) is 41.3 Å². The lowest BCUT2D eigenvalue weighted by Gasteiger charge is -2.35. The summed E-state index contributed by atoms with van der Waals surface area (Å²) in [6, 6.07) is 30.2. The van der Waals surface area contributed by atoms with Crippen molar-refractivity contribution in [2.75, 3.05) is 17.1 Å². The predicted molar refractivity (Wildman–Crippen MR) is 198 cm³/mol. The number of rotatable bonds is 13. The minimum atomic E-state index is -4.16. The number of benzene rings is 4. The molecule has 0 radical (unpaired) electrons. The number of anilines is 1. The van der Waals surface area contributed by atoms with Crippen LogP contribution in [-0.4, -0.2) is 50.0 Å². The summed E-state index contributed by atoms with van der Waals surface area (Å²) >= 11 is 5.06. The molecular formula is C38H42BrN3O4S2. The lowest BCUT2D eigenvalue weighted by Crippen LogP contribution is -2.55. The van der Waals surface area contributed by atoms with Gasteiger partial charge in [-0.05, 0) is 85.7 Å². The summed E-state index contributed by atoms with van der Waals surface area (Å²) in [5.74, 6) is -0.703. The van der Waals surface area contributed by atoms with Crippen molar-refractivity contribution in [3.63, 3.8) is 0 Å². The molecule has 0 aromatic heterocycles. The molecule has 0 saturated heterocycles.